The number of halogens is 1. The Bertz CT molecular complexity index is 1060. The lowest BCUT2D eigenvalue weighted by Crippen LogP contribution is -2.02. The Kier molecular flexibility index (Phi) is 4.65. The number of carbonyl (C=O) groups excluding carboxylic acids is 1. The fourth-order valence-electron chi connectivity index (χ4n) is 2.68. The summed E-state index contributed by atoms with van der Waals surface area (Å²) in [6.07, 6.45) is 1.88. The number of nitrogens with zero attached hydrogens (tertiary/aromatic N) is 1. The minimum absolute atomic E-state index is 0.0420. The zero-order valence-electron chi connectivity index (χ0n) is 13.7. The molecule has 4 rings (SSSR count). The van der Waals surface area contributed by atoms with Gasteiger partial charge >= 0.3 is 0 Å². The second-order valence-electron chi connectivity index (χ2n) is 5.79. The lowest BCUT2D eigenvalue weighted by Gasteiger charge is -2.05. The van der Waals surface area contributed by atoms with Crippen molar-refractivity contribution in [1.29, 1.82) is 0 Å². The third kappa shape index (κ3) is 3.45. The molecule has 0 atom stereocenters. The lowest BCUT2D eigenvalue weighted by molar-refractivity contribution is 0.105. The van der Waals surface area contributed by atoms with Crippen molar-refractivity contribution < 1.29 is 4.79 Å². The monoisotopic (exact) mass is 375 g/mol. The number of hydrogen-bond acceptors (Lipinski definition) is 3. The van der Waals surface area contributed by atoms with Crippen molar-refractivity contribution in [3.05, 3.63) is 100 Å². The first kappa shape index (κ1) is 16.7. The summed E-state index contributed by atoms with van der Waals surface area (Å²) in [5.41, 5.74) is 3.04. The average molecular weight is 376 g/mol. The summed E-state index contributed by atoms with van der Waals surface area (Å²) in [4.78, 5) is 17.8. The maximum Gasteiger partial charge on any atom is 0.196 e. The summed E-state index contributed by atoms with van der Waals surface area (Å²) in [5, 5.41) is 1.38. The van der Waals surface area contributed by atoms with E-state index in [1.165, 1.54) is 11.3 Å². The van der Waals surface area contributed by atoms with Gasteiger partial charge in [0.1, 0.15) is 5.01 Å². The molecule has 1 aromatic heterocycles. The number of carbonyl (C=O) groups is 1. The molecule has 0 fully saturated rings. The highest BCUT2D eigenvalue weighted by molar-refractivity contribution is 7.20. The molecule has 4 heteroatoms. The van der Waals surface area contributed by atoms with Crippen LogP contribution >= 0.6 is 22.9 Å². The number of hydrogen-bond donors (Lipinski definition) is 0. The predicted octanol–water partition coefficient (Wildman–Crippen LogP) is 6.37. The molecule has 0 saturated heterocycles. The number of thiazole rings is 1. The molecule has 0 aliphatic carbocycles. The van der Waals surface area contributed by atoms with Crippen LogP contribution in [-0.4, -0.2) is 10.8 Å². The molecule has 0 saturated carbocycles. The van der Waals surface area contributed by atoms with E-state index in [-0.39, 0.29) is 5.78 Å². The molecule has 3 aromatic carbocycles. The van der Waals surface area contributed by atoms with Gasteiger partial charge in [0.15, 0.2) is 5.78 Å². The molecule has 0 N–H and O–H groups in total. The predicted molar refractivity (Wildman–Crippen MR) is 110 cm³/mol. The molecule has 0 aliphatic heterocycles. The average Bonchev–Trinajstić information content (AvgIpc) is 3.11. The smallest absolute Gasteiger partial charge is 0.196 e. The number of para-hydroxylation sites is 1. The standard InChI is InChI=1S/C22H14ClNOS/c23-17-12-10-15(11-13-17)14-18(21(25)16-6-2-1-3-7-16)22-24-19-8-4-5-9-20(19)26-22/h1-14H/b18-14+. The number of ketones is 1. The number of Topliss-reactive ketones (excluding diaryl/α,β-unsaturated/α-hetero) is 1. The van der Waals surface area contributed by atoms with E-state index in [1.807, 2.05) is 84.9 Å². The van der Waals surface area contributed by atoms with Gasteiger partial charge in [-0.05, 0) is 35.9 Å². The number of rotatable bonds is 4. The molecule has 1 heterocycles. The van der Waals surface area contributed by atoms with Crippen LogP contribution in [-0.2, 0) is 0 Å². The van der Waals surface area contributed by atoms with Crippen molar-refractivity contribution in [2.75, 3.05) is 0 Å². The fraction of sp³-hybridized carbons (Fsp3) is 0. The van der Waals surface area contributed by atoms with Crippen molar-refractivity contribution in [3.63, 3.8) is 0 Å². The highest BCUT2D eigenvalue weighted by atomic mass is 35.5. The van der Waals surface area contributed by atoms with Gasteiger partial charge in [-0.2, -0.15) is 0 Å². The fourth-order valence-corrected chi connectivity index (χ4v) is 3.79. The van der Waals surface area contributed by atoms with Crippen LogP contribution in [0.4, 0.5) is 0 Å². The molecular weight excluding hydrogens is 362 g/mol. The minimum atomic E-state index is -0.0420. The molecule has 126 valence electrons. The van der Waals surface area contributed by atoms with E-state index >= 15 is 0 Å². The van der Waals surface area contributed by atoms with Crippen LogP contribution in [0.1, 0.15) is 20.9 Å². The largest absolute Gasteiger partial charge is 0.288 e. The van der Waals surface area contributed by atoms with E-state index < -0.39 is 0 Å². The Morgan fingerprint density at radius 1 is 0.885 bits per heavy atom. The van der Waals surface area contributed by atoms with E-state index in [0.29, 0.717) is 16.2 Å². The molecule has 26 heavy (non-hydrogen) atoms. The van der Waals surface area contributed by atoms with Crippen molar-refractivity contribution in [2.45, 2.75) is 0 Å². The maximum atomic E-state index is 13.2. The first-order valence-corrected chi connectivity index (χ1v) is 9.33. The first-order chi connectivity index (χ1) is 12.7. The Hall–Kier alpha value is -2.75. The van der Waals surface area contributed by atoms with Gasteiger partial charge in [0.25, 0.3) is 0 Å². The normalized spacial score (nSPS) is 11.7. The van der Waals surface area contributed by atoms with Crippen LogP contribution in [0.3, 0.4) is 0 Å². The van der Waals surface area contributed by atoms with E-state index in [0.717, 1.165) is 20.8 Å². The van der Waals surface area contributed by atoms with Gasteiger partial charge in [0, 0.05) is 10.6 Å². The lowest BCUT2D eigenvalue weighted by atomic mass is 10.0. The summed E-state index contributed by atoms with van der Waals surface area (Å²) >= 11 is 7.50. The van der Waals surface area contributed by atoms with Crippen molar-refractivity contribution in [2.24, 2.45) is 0 Å². The highest BCUT2D eigenvalue weighted by Gasteiger charge is 2.18. The van der Waals surface area contributed by atoms with Gasteiger partial charge in [-0.25, -0.2) is 4.98 Å². The molecule has 0 bridgehead atoms. The molecule has 2 nitrogen and oxygen atoms in total. The van der Waals surface area contributed by atoms with Gasteiger partial charge in [-0.1, -0.05) is 66.2 Å². The van der Waals surface area contributed by atoms with Gasteiger partial charge in [0.05, 0.1) is 15.8 Å². The molecule has 4 aromatic rings. The zero-order valence-corrected chi connectivity index (χ0v) is 15.3. The highest BCUT2D eigenvalue weighted by Crippen LogP contribution is 2.30. The minimum Gasteiger partial charge on any atom is -0.288 e. The quantitative estimate of drug-likeness (QED) is 0.306. The molecule has 0 radical (unpaired) electrons. The Morgan fingerprint density at radius 2 is 1.58 bits per heavy atom. The van der Waals surface area contributed by atoms with Crippen LogP contribution in [0.5, 0.6) is 0 Å². The van der Waals surface area contributed by atoms with Crippen LogP contribution in [0.25, 0.3) is 21.9 Å². The second-order valence-corrected chi connectivity index (χ2v) is 7.26. The van der Waals surface area contributed by atoms with Crippen molar-refractivity contribution >= 4 is 50.6 Å². The van der Waals surface area contributed by atoms with E-state index in [2.05, 4.69) is 4.98 Å². The Balaban J connectivity index is 1.85. The molecule has 0 amide bonds. The SMILES string of the molecule is O=C(/C(=C\c1ccc(Cl)cc1)c1nc2ccccc2s1)c1ccccc1. The summed E-state index contributed by atoms with van der Waals surface area (Å²) in [5.74, 6) is -0.0420. The van der Waals surface area contributed by atoms with Crippen LogP contribution in [0.2, 0.25) is 5.02 Å². The van der Waals surface area contributed by atoms with E-state index in [1.54, 1.807) is 0 Å². The van der Waals surface area contributed by atoms with Gasteiger partial charge in [-0.3, -0.25) is 4.79 Å². The van der Waals surface area contributed by atoms with Gasteiger partial charge < -0.3 is 0 Å². The molecule has 0 aliphatic rings. The number of aromatic nitrogens is 1. The second kappa shape index (κ2) is 7.24. The summed E-state index contributed by atoms with van der Waals surface area (Å²) in [7, 11) is 0. The molecular formula is C22H14ClNOS. The zero-order chi connectivity index (χ0) is 17.9. The number of fused-ring (bicyclic) bond motifs is 1. The third-order valence-electron chi connectivity index (χ3n) is 3.99. The number of benzene rings is 3. The van der Waals surface area contributed by atoms with Gasteiger partial charge in [-0.15, -0.1) is 11.3 Å². The van der Waals surface area contributed by atoms with E-state index in [9.17, 15) is 4.79 Å². The van der Waals surface area contributed by atoms with Crippen LogP contribution < -0.4 is 0 Å². The van der Waals surface area contributed by atoms with Crippen molar-refractivity contribution in [3.8, 4) is 0 Å². The summed E-state index contributed by atoms with van der Waals surface area (Å²) in [6.45, 7) is 0. The Labute approximate surface area is 160 Å². The first-order valence-electron chi connectivity index (χ1n) is 8.14. The Morgan fingerprint density at radius 3 is 2.31 bits per heavy atom. The number of allylic oxidation sites excluding steroid dienone is 1. The molecule has 0 spiro atoms. The van der Waals surface area contributed by atoms with Crippen LogP contribution in [0, 0.1) is 0 Å². The van der Waals surface area contributed by atoms with Gasteiger partial charge in [0.2, 0.25) is 0 Å². The summed E-state index contributed by atoms with van der Waals surface area (Å²) in [6, 6.07) is 24.6. The van der Waals surface area contributed by atoms with E-state index in [4.69, 9.17) is 11.6 Å². The molecule has 0 unspecified atom stereocenters. The third-order valence-corrected chi connectivity index (χ3v) is 5.31. The maximum absolute atomic E-state index is 13.2. The summed E-state index contributed by atoms with van der Waals surface area (Å²) < 4.78 is 1.06. The topological polar surface area (TPSA) is 30.0 Å². The van der Waals surface area contributed by atoms with Crippen LogP contribution in [0.15, 0.2) is 78.9 Å². The van der Waals surface area contributed by atoms with Crippen molar-refractivity contribution in [1.82, 2.24) is 4.98 Å².